The lowest BCUT2D eigenvalue weighted by atomic mass is 10.1. The lowest BCUT2D eigenvalue weighted by molar-refractivity contribution is 0.0524. The fourth-order valence-corrected chi connectivity index (χ4v) is 3.94. The van der Waals surface area contributed by atoms with Crippen LogP contribution in [0.2, 0.25) is 0 Å². The van der Waals surface area contributed by atoms with E-state index in [1.165, 1.54) is 18.3 Å². The molecule has 0 aliphatic carbocycles. The number of esters is 1. The zero-order valence-electron chi connectivity index (χ0n) is 19.0. The van der Waals surface area contributed by atoms with Gasteiger partial charge in [-0.2, -0.15) is 0 Å². The standard InChI is InChI=1S/C27H22FNO6/c1-2-32-27(31)22-14-29(13-17-3-6-19(28)7-4-17)23-9-8-20(12-21(23)26(22)30)33-15-18-5-10-24-25(11-18)35-16-34-24/h3-12,14H,2,13,15-16H2,1H3. The fraction of sp³-hybridized carbons (Fsp3) is 0.185. The van der Waals surface area contributed by atoms with Crippen LogP contribution in [0, 0.1) is 5.82 Å². The highest BCUT2D eigenvalue weighted by Crippen LogP contribution is 2.33. The molecule has 2 heterocycles. The van der Waals surface area contributed by atoms with Gasteiger partial charge in [0.25, 0.3) is 0 Å². The largest absolute Gasteiger partial charge is 0.489 e. The topological polar surface area (TPSA) is 76.0 Å². The Morgan fingerprint density at radius 2 is 1.77 bits per heavy atom. The van der Waals surface area contributed by atoms with Crippen LogP contribution < -0.4 is 19.6 Å². The summed E-state index contributed by atoms with van der Waals surface area (Å²) in [6.45, 7) is 2.60. The summed E-state index contributed by atoms with van der Waals surface area (Å²) in [5.74, 6) is 0.788. The highest BCUT2D eigenvalue weighted by atomic mass is 19.1. The van der Waals surface area contributed by atoms with Crippen molar-refractivity contribution < 1.29 is 28.1 Å². The summed E-state index contributed by atoms with van der Waals surface area (Å²) in [7, 11) is 0. The van der Waals surface area contributed by atoms with E-state index in [2.05, 4.69) is 0 Å². The highest BCUT2D eigenvalue weighted by Gasteiger charge is 2.18. The van der Waals surface area contributed by atoms with Crippen molar-refractivity contribution in [3.05, 3.63) is 99.6 Å². The molecule has 35 heavy (non-hydrogen) atoms. The van der Waals surface area contributed by atoms with Crippen LogP contribution in [0.3, 0.4) is 0 Å². The van der Waals surface area contributed by atoms with Crippen LogP contribution in [0.25, 0.3) is 10.9 Å². The van der Waals surface area contributed by atoms with Crippen LogP contribution in [-0.2, 0) is 17.9 Å². The van der Waals surface area contributed by atoms with Crippen LogP contribution in [0.4, 0.5) is 4.39 Å². The third-order valence-electron chi connectivity index (χ3n) is 5.66. The van der Waals surface area contributed by atoms with Gasteiger partial charge in [0.05, 0.1) is 17.5 Å². The average Bonchev–Trinajstić information content (AvgIpc) is 3.34. The summed E-state index contributed by atoms with van der Waals surface area (Å²) < 4.78 is 36.9. The normalized spacial score (nSPS) is 12.1. The van der Waals surface area contributed by atoms with E-state index in [0.29, 0.717) is 34.7 Å². The second-order valence-electron chi connectivity index (χ2n) is 8.00. The van der Waals surface area contributed by atoms with Gasteiger partial charge in [-0.25, -0.2) is 9.18 Å². The summed E-state index contributed by atoms with van der Waals surface area (Å²) in [5.41, 5.74) is 1.79. The van der Waals surface area contributed by atoms with E-state index in [-0.39, 0.29) is 31.4 Å². The first-order valence-electron chi connectivity index (χ1n) is 11.1. The second kappa shape index (κ2) is 9.50. The number of nitrogens with zero attached hydrogens (tertiary/aromatic N) is 1. The third-order valence-corrected chi connectivity index (χ3v) is 5.66. The number of rotatable bonds is 7. The molecule has 0 bridgehead atoms. The zero-order valence-corrected chi connectivity index (χ0v) is 19.0. The Bertz CT molecular complexity index is 1460. The Hall–Kier alpha value is -4.33. The molecule has 0 radical (unpaired) electrons. The molecule has 4 aromatic rings. The van der Waals surface area contributed by atoms with Crippen LogP contribution in [-0.4, -0.2) is 23.9 Å². The molecule has 3 aromatic carbocycles. The Morgan fingerprint density at radius 1 is 1.00 bits per heavy atom. The molecule has 0 unspecified atom stereocenters. The van der Waals surface area contributed by atoms with E-state index in [1.54, 1.807) is 41.8 Å². The van der Waals surface area contributed by atoms with Gasteiger partial charge in [0.2, 0.25) is 12.2 Å². The SMILES string of the molecule is CCOC(=O)c1cn(Cc2ccc(F)cc2)c2ccc(OCc3ccc4c(c3)OCO4)cc2c1=O. The Morgan fingerprint density at radius 3 is 2.57 bits per heavy atom. The number of carbonyl (C=O) groups excluding carboxylic acids is 1. The molecule has 1 aliphatic rings. The Labute approximate surface area is 200 Å². The molecule has 0 saturated heterocycles. The number of ether oxygens (including phenoxy) is 4. The lowest BCUT2D eigenvalue weighted by Crippen LogP contribution is -2.21. The summed E-state index contributed by atoms with van der Waals surface area (Å²) >= 11 is 0. The maximum Gasteiger partial charge on any atom is 0.343 e. The minimum Gasteiger partial charge on any atom is -0.489 e. The van der Waals surface area contributed by atoms with Crippen molar-refractivity contribution in [1.29, 1.82) is 0 Å². The van der Waals surface area contributed by atoms with Crippen LogP contribution in [0.15, 0.2) is 71.7 Å². The van der Waals surface area contributed by atoms with Crippen molar-refractivity contribution in [3.8, 4) is 17.2 Å². The Kier molecular flexibility index (Phi) is 6.10. The number of fused-ring (bicyclic) bond motifs is 2. The lowest BCUT2D eigenvalue weighted by Gasteiger charge is -2.15. The van der Waals surface area contributed by atoms with E-state index in [4.69, 9.17) is 18.9 Å². The zero-order chi connectivity index (χ0) is 24.4. The van der Waals surface area contributed by atoms with Crippen molar-refractivity contribution in [2.24, 2.45) is 0 Å². The Balaban J connectivity index is 1.49. The molecule has 178 valence electrons. The van der Waals surface area contributed by atoms with Crippen molar-refractivity contribution in [2.45, 2.75) is 20.1 Å². The number of benzene rings is 3. The molecular formula is C27H22FNO6. The quantitative estimate of drug-likeness (QED) is 0.362. The molecule has 0 saturated carbocycles. The van der Waals surface area contributed by atoms with Crippen molar-refractivity contribution in [1.82, 2.24) is 4.57 Å². The predicted molar refractivity (Wildman–Crippen MR) is 127 cm³/mol. The maximum absolute atomic E-state index is 13.4. The molecule has 5 rings (SSSR count). The number of hydrogen-bond donors (Lipinski definition) is 0. The monoisotopic (exact) mass is 475 g/mol. The van der Waals surface area contributed by atoms with Gasteiger partial charge in [0, 0.05) is 12.7 Å². The molecule has 1 aromatic heterocycles. The number of pyridine rings is 1. The molecule has 0 amide bonds. The number of halogens is 1. The van der Waals surface area contributed by atoms with Gasteiger partial charge in [0.1, 0.15) is 23.7 Å². The van der Waals surface area contributed by atoms with Crippen LogP contribution in [0.5, 0.6) is 17.2 Å². The van der Waals surface area contributed by atoms with Crippen molar-refractivity contribution >= 4 is 16.9 Å². The van der Waals surface area contributed by atoms with Gasteiger partial charge in [-0.3, -0.25) is 4.79 Å². The molecule has 0 spiro atoms. The maximum atomic E-state index is 13.4. The smallest absolute Gasteiger partial charge is 0.343 e. The first-order chi connectivity index (χ1) is 17.0. The van der Waals surface area contributed by atoms with E-state index < -0.39 is 11.4 Å². The number of carbonyl (C=O) groups is 1. The van der Waals surface area contributed by atoms with E-state index in [1.807, 2.05) is 18.2 Å². The van der Waals surface area contributed by atoms with Gasteiger partial charge >= 0.3 is 5.97 Å². The molecule has 0 fully saturated rings. The molecule has 1 aliphatic heterocycles. The first kappa shape index (κ1) is 22.5. The molecular weight excluding hydrogens is 453 g/mol. The number of aromatic nitrogens is 1. The molecule has 0 atom stereocenters. The summed E-state index contributed by atoms with van der Waals surface area (Å²) in [5, 5.41) is 0.320. The first-order valence-corrected chi connectivity index (χ1v) is 11.1. The van der Waals surface area contributed by atoms with Gasteiger partial charge in [-0.15, -0.1) is 0 Å². The molecule has 7 nitrogen and oxygen atoms in total. The van der Waals surface area contributed by atoms with Crippen LogP contribution >= 0.6 is 0 Å². The minimum atomic E-state index is -0.695. The fourth-order valence-electron chi connectivity index (χ4n) is 3.94. The van der Waals surface area contributed by atoms with Gasteiger partial charge < -0.3 is 23.5 Å². The predicted octanol–water partition coefficient (Wildman–Crippen LogP) is 4.67. The van der Waals surface area contributed by atoms with E-state index in [0.717, 1.165) is 11.1 Å². The van der Waals surface area contributed by atoms with E-state index >= 15 is 0 Å². The highest BCUT2D eigenvalue weighted by molar-refractivity contribution is 5.94. The summed E-state index contributed by atoms with van der Waals surface area (Å²) in [6.07, 6.45) is 1.49. The number of hydrogen-bond acceptors (Lipinski definition) is 6. The van der Waals surface area contributed by atoms with Gasteiger partial charge in [-0.05, 0) is 60.5 Å². The van der Waals surface area contributed by atoms with Crippen LogP contribution in [0.1, 0.15) is 28.4 Å². The summed E-state index contributed by atoms with van der Waals surface area (Å²) in [4.78, 5) is 25.7. The van der Waals surface area contributed by atoms with Gasteiger partial charge in [0.15, 0.2) is 11.5 Å². The minimum absolute atomic E-state index is 0.0746. The second-order valence-corrected chi connectivity index (χ2v) is 8.00. The molecule has 8 heteroatoms. The van der Waals surface area contributed by atoms with E-state index in [9.17, 15) is 14.0 Å². The molecule has 0 N–H and O–H groups in total. The van der Waals surface area contributed by atoms with Crippen molar-refractivity contribution in [3.63, 3.8) is 0 Å². The average molecular weight is 475 g/mol. The van der Waals surface area contributed by atoms with Crippen molar-refractivity contribution in [2.75, 3.05) is 13.4 Å². The third kappa shape index (κ3) is 4.68. The summed E-state index contributed by atoms with van der Waals surface area (Å²) in [6, 6.07) is 16.8. The van der Waals surface area contributed by atoms with Gasteiger partial charge in [-0.1, -0.05) is 18.2 Å².